The van der Waals surface area contributed by atoms with Crippen molar-refractivity contribution in [2.24, 2.45) is 5.41 Å². The zero-order chi connectivity index (χ0) is 15.8. The maximum absolute atomic E-state index is 11.6. The summed E-state index contributed by atoms with van der Waals surface area (Å²) in [7, 11) is 1.44. The summed E-state index contributed by atoms with van der Waals surface area (Å²) < 4.78 is 0. The van der Waals surface area contributed by atoms with E-state index in [2.05, 4.69) is 16.0 Å². The van der Waals surface area contributed by atoms with Gasteiger partial charge in [-0.15, -0.1) is 0 Å². The first kappa shape index (κ1) is 18.4. The minimum Gasteiger partial charge on any atom is -0.481 e. The van der Waals surface area contributed by atoms with Gasteiger partial charge in [-0.2, -0.15) is 0 Å². The number of carboxylic acids is 1. The highest BCUT2D eigenvalue weighted by atomic mass is 16.4. The number of rotatable bonds is 8. The molecule has 0 bridgehead atoms. The van der Waals surface area contributed by atoms with E-state index in [-0.39, 0.29) is 11.8 Å². The van der Waals surface area contributed by atoms with Gasteiger partial charge in [0.1, 0.15) is 0 Å². The number of urea groups is 1. The van der Waals surface area contributed by atoms with E-state index >= 15 is 0 Å². The van der Waals surface area contributed by atoms with Gasteiger partial charge in [0.05, 0.1) is 6.04 Å². The third kappa shape index (κ3) is 8.47. The summed E-state index contributed by atoms with van der Waals surface area (Å²) in [6.07, 6.45) is 1.47. The molecule has 0 aromatic carbocycles. The summed E-state index contributed by atoms with van der Waals surface area (Å²) in [4.78, 5) is 33.1. The van der Waals surface area contributed by atoms with Gasteiger partial charge in [-0.05, 0) is 31.7 Å². The van der Waals surface area contributed by atoms with Crippen molar-refractivity contribution in [2.45, 2.75) is 46.1 Å². The van der Waals surface area contributed by atoms with Crippen molar-refractivity contribution in [1.82, 2.24) is 16.0 Å². The molecule has 7 nitrogen and oxygen atoms in total. The summed E-state index contributed by atoms with van der Waals surface area (Å²) in [5.74, 6) is -1.20. The van der Waals surface area contributed by atoms with Gasteiger partial charge in [0.15, 0.2) is 0 Å². The highest BCUT2D eigenvalue weighted by Crippen LogP contribution is 2.25. The van der Waals surface area contributed by atoms with Crippen LogP contribution in [-0.2, 0) is 9.59 Å². The fourth-order valence-electron chi connectivity index (χ4n) is 1.57. The first-order chi connectivity index (χ1) is 9.18. The minimum absolute atomic E-state index is 0.109. The average Bonchev–Trinajstić information content (AvgIpc) is 2.35. The van der Waals surface area contributed by atoms with Crippen molar-refractivity contribution in [3.63, 3.8) is 0 Å². The van der Waals surface area contributed by atoms with Gasteiger partial charge >= 0.3 is 12.0 Å². The smallest absolute Gasteiger partial charge is 0.321 e. The lowest BCUT2D eigenvalue weighted by Crippen LogP contribution is -2.47. The van der Waals surface area contributed by atoms with Crippen molar-refractivity contribution in [1.29, 1.82) is 0 Å². The quantitative estimate of drug-likeness (QED) is 0.525. The number of carbonyl (C=O) groups excluding carboxylic acids is 2. The second-order valence-corrected chi connectivity index (χ2v) is 5.55. The van der Waals surface area contributed by atoms with Crippen molar-refractivity contribution in [2.75, 3.05) is 13.6 Å². The van der Waals surface area contributed by atoms with E-state index < -0.39 is 23.9 Å². The molecule has 1 unspecified atom stereocenters. The number of carboxylic acid groups (broad SMARTS) is 1. The molecule has 0 aromatic rings. The summed E-state index contributed by atoms with van der Waals surface area (Å²) in [6, 6.07) is -1.02. The fourth-order valence-corrected chi connectivity index (χ4v) is 1.57. The lowest BCUT2D eigenvalue weighted by molar-refractivity contribution is -0.137. The first-order valence-electron chi connectivity index (χ1n) is 6.65. The number of aliphatic carboxylic acids is 1. The maximum Gasteiger partial charge on any atom is 0.321 e. The van der Waals surface area contributed by atoms with Gasteiger partial charge in [-0.25, -0.2) is 4.79 Å². The SMILES string of the molecule is CNC(=O)NC(=O)C(C)NCCC(C)(C)CCC(=O)O. The Morgan fingerprint density at radius 3 is 2.30 bits per heavy atom. The second-order valence-electron chi connectivity index (χ2n) is 5.55. The number of nitrogens with one attached hydrogen (secondary N) is 3. The molecule has 4 N–H and O–H groups in total. The predicted molar refractivity (Wildman–Crippen MR) is 75.3 cm³/mol. The van der Waals surface area contributed by atoms with Crippen LogP contribution in [0, 0.1) is 5.41 Å². The Labute approximate surface area is 119 Å². The number of amides is 3. The van der Waals surface area contributed by atoms with Crippen LogP contribution in [0.2, 0.25) is 0 Å². The summed E-state index contributed by atoms with van der Waals surface area (Å²) in [5.41, 5.74) is -0.109. The monoisotopic (exact) mass is 287 g/mol. The zero-order valence-corrected chi connectivity index (χ0v) is 12.6. The number of hydrogen-bond acceptors (Lipinski definition) is 4. The molecule has 0 rings (SSSR count). The van der Waals surface area contributed by atoms with Crippen molar-refractivity contribution in [3.8, 4) is 0 Å². The van der Waals surface area contributed by atoms with Gasteiger partial charge < -0.3 is 15.7 Å². The van der Waals surface area contributed by atoms with E-state index in [1.165, 1.54) is 7.05 Å². The molecule has 0 aliphatic carbocycles. The predicted octanol–water partition coefficient (Wildman–Crippen LogP) is 0.701. The molecule has 20 heavy (non-hydrogen) atoms. The van der Waals surface area contributed by atoms with Crippen LogP contribution in [0.15, 0.2) is 0 Å². The van der Waals surface area contributed by atoms with Crippen LogP contribution in [0.5, 0.6) is 0 Å². The summed E-state index contributed by atoms with van der Waals surface area (Å²) in [6.45, 7) is 6.23. The number of carbonyl (C=O) groups is 3. The highest BCUT2D eigenvalue weighted by Gasteiger charge is 2.20. The highest BCUT2D eigenvalue weighted by molar-refractivity contribution is 5.96. The van der Waals surface area contributed by atoms with Crippen LogP contribution >= 0.6 is 0 Å². The maximum atomic E-state index is 11.6. The van der Waals surface area contributed by atoms with Crippen molar-refractivity contribution < 1.29 is 19.5 Å². The molecular formula is C13H25N3O4. The van der Waals surface area contributed by atoms with E-state index in [1.54, 1.807) is 6.92 Å². The largest absolute Gasteiger partial charge is 0.481 e. The molecular weight excluding hydrogens is 262 g/mol. The van der Waals surface area contributed by atoms with Crippen LogP contribution in [0.1, 0.15) is 40.0 Å². The molecule has 116 valence electrons. The van der Waals surface area contributed by atoms with Gasteiger partial charge in [-0.3, -0.25) is 14.9 Å². The van der Waals surface area contributed by atoms with E-state index in [4.69, 9.17) is 5.11 Å². The third-order valence-electron chi connectivity index (χ3n) is 3.13. The Hall–Kier alpha value is -1.63. The Kier molecular flexibility index (Phi) is 7.83. The zero-order valence-electron chi connectivity index (χ0n) is 12.6. The lowest BCUT2D eigenvalue weighted by atomic mass is 9.84. The van der Waals surface area contributed by atoms with Crippen LogP contribution in [0.25, 0.3) is 0 Å². The Morgan fingerprint density at radius 2 is 1.80 bits per heavy atom. The molecule has 0 spiro atoms. The molecule has 0 saturated carbocycles. The third-order valence-corrected chi connectivity index (χ3v) is 3.13. The first-order valence-corrected chi connectivity index (χ1v) is 6.65. The molecule has 1 atom stereocenters. The minimum atomic E-state index is -0.802. The van der Waals surface area contributed by atoms with Crippen LogP contribution in [0.4, 0.5) is 4.79 Å². The molecule has 0 heterocycles. The van der Waals surface area contributed by atoms with Gasteiger partial charge in [-0.1, -0.05) is 13.8 Å². The van der Waals surface area contributed by atoms with E-state index in [9.17, 15) is 14.4 Å². The lowest BCUT2D eigenvalue weighted by Gasteiger charge is -2.24. The van der Waals surface area contributed by atoms with E-state index in [1.807, 2.05) is 13.8 Å². The van der Waals surface area contributed by atoms with E-state index in [0.717, 1.165) is 6.42 Å². The van der Waals surface area contributed by atoms with Crippen molar-refractivity contribution >= 4 is 17.9 Å². The Morgan fingerprint density at radius 1 is 1.20 bits per heavy atom. The van der Waals surface area contributed by atoms with Crippen LogP contribution in [0.3, 0.4) is 0 Å². The molecule has 0 radical (unpaired) electrons. The Balaban J connectivity index is 4.00. The van der Waals surface area contributed by atoms with Crippen LogP contribution in [-0.4, -0.2) is 42.6 Å². The summed E-state index contributed by atoms with van der Waals surface area (Å²) >= 11 is 0. The molecule has 7 heteroatoms. The molecule has 0 aliphatic heterocycles. The molecule has 0 fully saturated rings. The average molecular weight is 287 g/mol. The number of hydrogen-bond donors (Lipinski definition) is 4. The molecule has 0 aromatic heterocycles. The summed E-state index contributed by atoms with van der Waals surface area (Å²) in [5, 5.41) is 16.2. The second kappa shape index (κ2) is 8.52. The standard InChI is InChI=1S/C13H25N3O4/c1-9(11(19)16-12(20)14-4)15-8-7-13(2,3)6-5-10(17)18/h9,15H,5-8H2,1-4H3,(H,17,18)(H2,14,16,19,20). The molecule has 0 saturated heterocycles. The topological polar surface area (TPSA) is 108 Å². The van der Waals surface area contributed by atoms with E-state index in [0.29, 0.717) is 13.0 Å². The molecule has 3 amide bonds. The normalized spacial score (nSPS) is 12.6. The van der Waals surface area contributed by atoms with Crippen LogP contribution < -0.4 is 16.0 Å². The molecule has 0 aliphatic rings. The van der Waals surface area contributed by atoms with Gasteiger partial charge in [0, 0.05) is 13.5 Å². The number of imide groups is 1. The van der Waals surface area contributed by atoms with Crippen molar-refractivity contribution in [3.05, 3.63) is 0 Å². The van der Waals surface area contributed by atoms with Gasteiger partial charge in [0.2, 0.25) is 5.91 Å². The fraction of sp³-hybridized carbons (Fsp3) is 0.769. The Bertz CT molecular complexity index is 356. The van der Waals surface area contributed by atoms with Gasteiger partial charge in [0.25, 0.3) is 0 Å².